The first kappa shape index (κ1) is 11.8. The molecule has 0 fully saturated rings. The van der Waals surface area contributed by atoms with Crippen LogP contribution in [0.3, 0.4) is 0 Å². The normalized spacial score (nSPS) is 24.8. The fourth-order valence-electron chi connectivity index (χ4n) is 1.89. The summed E-state index contributed by atoms with van der Waals surface area (Å²) in [5, 5.41) is 0. The zero-order chi connectivity index (χ0) is 11.3. The second-order valence-electron chi connectivity index (χ2n) is 4.08. The van der Waals surface area contributed by atoms with Crippen LogP contribution < -0.4 is 5.73 Å². The fraction of sp³-hybridized carbons (Fsp3) is 0.583. The Morgan fingerprint density at radius 3 is 2.93 bits per heavy atom. The molecule has 3 heteroatoms. The van der Waals surface area contributed by atoms with Gasteiger partial charge in [0.1, 0.15) is 0 Å². The van der Waals surface area contributed by atoms with E-state index in [2.05, 4.69) is 13.0 Å². The van der Waals surface area contributed by atoms with Crippen LogP contribution in [0, 0.1) is 5.41 Å². The minimum absolute atomic E-state index is 0.0777. The zero-order valence-electron chi connectivity index (χ0n) is 9.45. The summed E-state index contributed by atoms with van der Waals surface area (Å²) < 4.78 is 4.97. The van der Waals surface area contributed by atoms with Crippen LogP contribution in [0.25, 0.3) is 0 Å². The van der Waals surface area contributed by atoms with Gasteiger partial charge in [-0.2, -0.15) is 0 Å². The number of ether oxygens (including phenoxy) is 1. The molecule has 0 amide bonds. The smallest absolute Gasteiger partial charge is 0.302 e. The Kier molecular flexibility index (Phi) is 3.95. The summed E-state index contributed by atoms with van der Waals surface area (Å²) in [4.78, 5) is 10.7. The average molecular weight is 209 g/mol. The Morgan fingerprint density at radius 1 is 1.67 bits per heavy atom. The first-order valence-electron chi connectivity index (χ1n) is 5.35. The summed E-state index contributed by atoms with van der Waals surface area (Å²) in [6, 6.07) is 0. The van der Waals surface area contributed by atoms with Gasteiger partial charge in [-0.25, -0.2) is 0 Å². The Balaban J connectivity index is 2.51. The number of carbonyl (C=O) groups excluding carboxylic acids is 1. The number of allylic oxidation sites excluding steroid dienone is 4. The van der Waals surface area contributed by atoms with Gasteiger partial charge in [0.05, 0.1) is 6.61 Å². The van der Waals surface area contributed by atoms with Crippen LogP contribution in [-0.4, -0.2) is 12.6 Å². The van der Waals surface area contributed by atoms with Crippen molar-refractivity contribution in [2.24, 2.45) is 11.1 Å². The van der Waals surface area contributed by atoms with E-state index in [-0.39, 0.29) is 11.4 Å². The van der Waals surface area contributed by atoms with Gasteiger partial charge in [0.25, 0.3) is 0 Å². The van der Waals surface area contributed by atoms with Crippen molar-refractivity contribution >= 4 is 5.97 Å². The van der Waals surface area contributed by atoms with Crippen molar-refractivity contribution < 1.29 is 9.53 Å². The maximum Gasteiger partial charge on any atom is 0.302 e. The molecule has 1 aliphatic carbocycles. The number of rotatable bonds is 4. The summed E-state index contributed by atoms with van der Waals surface area (Å²) in [5.74, 6) is -0.218. The largest absolute Gasteiger partial charge is 0.466 e. The number of hydrogen-bond donors (Lipinski definition) is 1. The molecule has 0 spiro atoms. The van der Waals surface area contributed by atoms with Crippen molar-refractivity contribution in [3.63, 3.8) is 0 Å². The molecule has 1 unspecified atom stereocenters. The Morgan fingerprint density at radius 2 is 2.40 bits per heavy atom. The van der Waals surface area contributed by atoms with Crippen molar-refractivity contribution in [1.29, 1.82) is 0 Å². The van der Waals surface area contributed by atoms with Gasteiger partial charge in [-0.1, -0.05) is 19.1 Å². The summed E-state index contributed by atoms with van der Waals surface area (Å²) >= 11 is 0. The molecule has 0 aliphatic heterocycles. The molecule has 0 saturated heterocycles. The molecule has 0 aromatic heterocycles. The Hall–Kier alpha value is -1.25. The van der Waals surface area contributed by atoms with Crippen molar-refractivity contribution in [2.45, 2.75) is 33.1 Å². The van der Waals surface area contributed by atoms with E-state index >= 15 is 0 Å². The van der Waals surface area contributed by atoms with Gasteiger partial charge >= 0.3 is 5.97 Å². The van der Waals surface area contributed by atoms with Gasteiger partial charge in [-0.05, 0) is 30.8 Å². The Labute approximate surface area is 91.0 Å². The van der Waals surface area contributed by atoms with Crippen molar-refractivity contribution in [1.82, 2.24) is 0 Å². The van der Waals surface area contributed by atoms with Gasteiger partial charge in [0.15, 0.2) is 0 Å². The molecule has 0 bridgehead atoms. The van der Waals surface area contributed by atoms with Crippen LogP contribution in [-0.2, 0) is 9.53 Å². The maximum absolute atomic E-state index is 10.7. The summed E-state index contributed by atoms with van der Waals surface area (Å²) in [5.41, 5.74) is 6.80. The number of hydrogen-bond acceptors (Lipinski definition) is 3. The van der Waals surface area contributed by atoms with Gasteiger partial charge in [0.2, 0.25) is 0 Å². The molecule has 0 heterocycles. The van der Waals surface area contributed by atoms with E-state index in [9.17, 15) is 4.79 Å². The molecular weight excluding hydrogens is 190 g/mol. The molecule has 84 valence electrons. The van der Waals surface area contributed by atoms with E-state index in [1.807, 2.05) is 12.2 Å². The van der Waals surface area contributed by atoms with Crippen molar-refractivity contribution in [3.8, 4) is 0 Å². The second-order valence-corrected chi connectivity index (χ2v) is 4.08. The summed E-state index contributed by atoms with van der Waals surface area (Å²) in [7, 11) is 0. The van der Waals surface area contributed by atoms with E-state index in [0.29, 0.717) is 6.61 Å². The third-order valence-corrected chi connectivity index (χ3v) is 2.93. The van der Waals surface area contributed by atoms with Gasteiger partial charge in [-0.3, -0.25) is 4.79 Å². The monoisotopic (exact) mass is 209 g/mol. The quantitative estimate of drug-likeness (QED) is 0.722. The van der Waals surface area contributed by atoms with E-state index in [1.54, 1.807) is 0 Å². The van der Waals surface area contributed by atoms with Crippen LogP contribution in [0.5, 0.6) is 0 Å². The molecule has 2 N–H and O–H groups in total. The molecule has 1 aliphatic rings. The highest BCUT2D eigenvalue weighted by Gasteiger charge is 2.27. The van der Waals surface area contributed by atoms with Crippen molar-refractivity contribution in [3.05, 3.63) is 23.9 Å². The lowest BCUT2D eigenvalue weighted by atomic mass is 9.75. The molecular formula is C12H19NO2. The molecule has 0 saturated carbocycles. The van der Waals surface area contributed by atoms with Crippen LogP contribution in [0.2, 0.25) is 0 Å². The first-order valence-corrected chi connectivity index (χ1v) is 5.35. The molecule has 0 aromatic rings. The van der Waals surface area contributed by atoms with E-state index in [1.165, 1.54) is 6.92 Å². The van der Waals surface area contributed by atoms with E-state index < -0.39 is 0 Å². The van der Waals surface area contributed by atoms with Crippen LogP contribution >= 0.6 is 0 Å². The van der Waals surface area contributed by atoms with Crippen LogP contribution in [0.4, 0.5) is 0 Å². The summed E-state index contributed by atoms with van der Waals surface area (Å²) in [6.45, 7) is 4.04. The molecule has 0 aromatic carbocycles. The highest BCUT2D eigenvalue weighted by atomic mass is 16.5. The van der Waals surface area contributed by atoms with E-state index in [4.69, 9.17) is 10.5 Å². The lowest BCUT2D eigenvalue weighted by Crippen LogP contribution is -2.24. The highest BCUT2D eigenvalue weighted by molar-refractivity contribution is 5.65. The highest BCUT2D eigenvalue weighted by Crippen LogP contribution is 2.36. The van der Waals surface area contributed by atoms with Gasteiger partial charge in [0, 0.05) is 12.6 Å². The lowest BCUT2D eigenvalue weighted by molar-refractivity contribution is -0.141. The second kappa shape index (κ2) is 5.01. The number of nitrogens with two attached hydrogens (primary N) is 1. The van der Waals surface area contributed by atoms with E-state index in [0.717, 1.165) is 25.0 Å². The average Bonchev–Trinajstić information content (AvgIpc) is 2.17. The van der Waals surface area contributed by atoms with Gasteiger partial charge in [-0.15, -0.1) is 0 Å². The van der Waals surface area contributed by atoms with Gasteiger partial charge < -0.3 is 10.5 Å². The zero-order valence-corrected chi connectivity index (χ0v) is 9.45. The first-order chi connectivity index (χ1) is 7.08. The van der Waals surface area contributed by atoms with Crippen LogP contribution in [0.15, 0.2) is 23.9 Å². The van der Waals surface area contributed by atoms with Crippen LogP contribution in [0.1, 0.15) is 33.1 Å². The van der Waals surface area contributed by atoms with Crippen molar-refractivity contribution in [2.75, 3.05) is 6.61 Å². The standard InChI is InChI=1S/C12H19NO2/c1-3-12(7-8-15-10(2)14)6-4-5-11(13)9-12/h4-6H,3,7-9,13H2,1-2H3. The molecule has 3 nitrogen and oxygen atoms in total. The number of esters is 1. The third-order valence-electron chi connectivity index (χ3n) is 2.93. The third kappa shape index (κ3) is 3.42. The predicted molar refractivity (Wildman–Crippen MR) is 60.0 cm³/mol. The summed E-state index contributed by atoms with van der Waals surface area (Å²) in [6.07, 6.45) is 8.82. The molecule has 15 heavy (non-hydrogen) atoms. The topological polar surface area (TPSA) is 52.3 Å². The SMILES string of the molecule is CCC1(CCOC(C)=O)C=CC=C(N)C1. The minimum Gasteiger partial charge on any atom is -0.466 e. The molecule has 1 rings (SSSR count). The fourth-order valence-corrected chi connectivity index (χ4v) is 1.89. The predicted octanol–water partition coefficient (Wildman–Crippen LogP) is 2.14. The minimum atomic E-state index is -0.218. The maximum atomic E-state index is 10.7. The molecule has 1 atom stereocenters. The molecule has 0 radical (unpaired) electrons. The lowest BCUT2D eigenvalue weighted by Gasteiger charge is -2.31. The Bertz CT molecular complexity index is 294. The number of carbonyl (C=O) groups is 1.